The molecule has 0 aliphatic rings. The lowest BCUT2D eigenvalue weighted by Gasteiger charge is -2.14. The SMILES string of the molecule is CNCc1cc(F)c(OC)cc1Oc1ccc(Cl)c(Cl)c1. The highest BCUT2D eigenvalue weighted by Gasteiger charge is 2.12. The van der Waals surface area contributed by atoms with Gasteiger partial charge in [-0.2, -0.15) is 0 Å². The van der Waals surface area contributed by atoms with Crippen molar-refractivity contribution in [3.05, 3.63) is 51.8 Å². The van der Waals surface area contributed by atoms with E-state index in [1.165, 1.54) is 19.2 Å². The van der Waals surface area contributed by atoms with Crippen LogP contribution in [0.4, 0.5) is 4.39 Å². The Bertz CT molecular complexity index is 650. The van der Waals surface area contributed by atoms with Gasteiger partial charge < -0.3 is 14.8 Å². The van der Waals surface area contributed by atoms with Crippen LogP contribution in [-0.4, -0.2) is 14.2 Å². The van der Waals surface area contributed by atoms with Gasteiger partial charge in [-0.1, -0.05) is 23.2 Å². The predicted octanol–water partition coefficient (Wildman–Crippen LogP) is 4.65. The van der Waals surface area contributed by atoms with Crippen LogP contribution in [0.1, 0.15) is 5.56 Å². The van der Waals surface area contributed by atoms with E-state index >= 15 is 0 Å². The zero-order chi connectivity index (χ0) is 15.4. The van der Waals surface area contributed by atoms with Gasteiger partial charge in [0.2, 0.25) is 0 Å². The lowest BCUT2D eigenvalue weighted by atomic mass is 10.1. The number of hydrogen-bond donors (Lipinski definition) is 1. The van der Waals surface area contributed by atoms with Crippen LogP contribution >= 0.6 is 23.2 Å². The van der Waals surface area contributed by atoms with E-state index in [1.54, 1.807) is 25.2 Å². The number of rotatable bonds is 5. The molecule has 3 nitrogen and oxygen atoms in total. The maximum absolute atomic E-state index is 13.8. The molecule has 0 unspecified atom stereocenters. The van der Waals surface area contributed by atoms with Crippen LogP contribution < -0.4 is 14.8 Å². The quantitative estimate of drug-likeness (QED) is 0.865. The number of hydrogen-bond acceptors (Lipinski definition) is 3. The topological polar surface area (TPSA) is 30.5 Å². The van der Waals surface area contributed by atoms with E-state index in [9.17, 15) is 4.39 Å². The van der Waals surface area contributed by atoms with Crippen LogP contribution in [0.15, 0.2) is 30.3 Å². The molecule has 0 fully saturated rings. The minimum absolute atomic E-state index is 0.116. The van der Waals surface area contributed by atoms with Crippen LogP contribution in [0.5, 0.6) is 17.2 Å². The molecule has 0 aromatic heterocycles. The summed E-state index contributed by atoms with van der Waals surface area (Å²) >= 11 is 11.8. The highest BCUT2D eigenvalue weighted by atomic mass is 35.5. The number of ether oxygens (including phenoxy) is 2. The predicted molar refractivity (Wildman–Crippen MR) is 82.3 cm³/mol. The minimum Gasteiger partial charge on any atom is -0.494 e. The third-order valence-electron chi connectivity index (χ3n) is 2.82. The number of methoxy groups -OCH3 is 1. The largest absolute Gasteiger partial charge is 0.494 e. The Morgan fingerprint density at radius 1 is 1.10 bits per heavy atom. The molecule has 2 aromatic rings. The van der Waals surface area contributed by atoms with Gasteiger partial charge in [0.15, 0.2) is 11.6 Å². The number of benzene rings is 2. The summed E-state index contributed by atoms with van der Waals surface area (Å²) in [5, 5.41) is 3.79. The first-order valence-corrected chi connectivity index (χ1v) is 6.94. The molecule has 2 aromatic carbocycles. The Morgan fingerprint density at radius 3 is 2.48 bits per heavy atom. The average molecular weight is 330 g/mol. The molecule has 0 atom stereocenters. The fourth-order valence-corrected chi connectivity index (χ4v) is 2.11. The molecule has 0 radical (unpaired) electrons. The van der Waals surface area contributed by atoms with Crippen molar-refractivity contribution < 1.29 is 13.9 Å². The van der Waals surface area contributed by atoms with Gasteiger partial charge in [0.05, 0.1) is 17.2 Å². The number of nitrogens with one attached hydrogen (secondary N) is 1. The summed E-state index contributed by atoms with van der Waals surface area (Å²) in [5.41, 5.74) is 0.668. The van der Waals surface area contributed by atoms with Crippen molar-refractivity contribution in [1.29, 1.82) is 0 Å². The fourth-order valence-electron chi connectivity index (χ4n) is 1.82. The van der Waals surface area contributed by atoms with Crippen LogP contribution in [0.25, 0.3) is 0 Å². The van der Waals surface area contributed by atoms with Crippen molar-refractivity contribution in [1.82, 2.24) is 5.32 Å². The van der Waals surface area contributed by atoms with E-state index < -0.39 is 5.82 Å². The minimum atomic E-state index is -0.441. The summed E-state index contributed by atoms with van der Waals surface area (Å²) in [6.07, 6.45) is 0. The summed E-state index contributed by atoms with van der Waals surface area (Å²) in [6, 6.07) is 7.81. The summed E-state index contributed by atoms with van der Waals surface area (Å²) in [4.78, 5) is 0. The van der Waals surface area contributed by atoms with E-state index in [2.05, 4.69) is 5.32 Å². The highest BCUT2D eigenvalue weighted by Crippen LogP contribution is 2.34. The lowest BCUT2D eigenvalue weighted by molar-refractivity contribution is 0.380. The fraction of sp³-hybridized carbons (Fsp3) is 0.200. The molecule has 21 heavy (non-hydrogen) atoms. The van der Waals surface area contributed by atoms with E-state index in [0.717, 1.165) is 0 Å². The van der Waals surface area contributed by atoms with Gasteiger partial charge in [-0.15, -0.1) is 0 Å². The van der Waals surface area contributed by atoms with Crippen LogP contribution in [0, 0.1) is 5.82 Å². The Balaban J connectivity index is 2.38. The molecule has 0 aliphatic carbocycles. The van der Waals surface area contributed by atoms with Gasteiger partial charge in [-0.3, -0.25) is 0 Å². The van der Waals surface area contributed by atoms with Crippen LogP contribution in [0.2, 0.25) is 10.0 Å². The lowest BCUT2D eigenvalue weighted by Crippen LogP contribution is -2.07. The zero-order valence-corrected chi connectivity index (χ0v) is 13.1. The molecule has 0 aliphatic heterocycles. The first-order chi connectivity index (χ1) is 10.0. The molecule has 0 bridgehead atoms. The summed E-state index contributed by atoms with van der Waals surface area (Å²) in [5.74, 6) is 0.672. The van der Waals surface area contributed by atoms with E-state index in [-0.39, 0.29) is 5.75 Å². The second-order valence-electron chi connectivity index (χ2n) is 4.30. The van der Waals surface area contributed by atoms with Crippen molar-refractivity contribution in [3.63, 3.8) is 0 Å². The zero-order valence-electron chi connectivity index (χ0n) is 11.5. The van der Waals surface area contributed by atoms with Crippen molar-refractivity contribution in [2.75, 3.05) is 14.2 Å². The Kier molecular flexibility index (Phi) is 5.28. The smallest absolute Gasteiger partial charge is 0.165 e. The van der Waals surface area contributed by atoms with E-state index in [1.807, 2.05) is 0 Å². The maximum atomic E-state index is 13.8. The second kappa shape index (κ2) is 6.98. The van der Waals surface area contributed by atoms with Gasteiger partial charge in [-0.25, -0.2) is 4.39 Å². The van der Waals surface area contributed by atoms with Crippen molar-refractivity contribution in [3.8, 4) is 17.2 Å². The average Bonchev–Trinajstić information content (AvgIpc) is 2.46. The Hall–Kier alpha value is -1.49. The first-order valence-electron chi connectivity index (χ1n) is 6.19. The Labute approximate surface area is 132 Å². The monoisotopic (exact) mass is 329 g/mol. The molecule has 112 valence electrons. The molecular formula is C15H14Cl2FNO2. The third kappa shape index (κ3) is 3.79. The van der Waals surface area contributed by atoms with E-state index in [0.29, 0.717) is 33.7 Å². The molecule has 0 heterocycles. The normalized spacial score (nSPS) is 10.5. The van der Waals surface area contributed by atoms with Crippen molar-refractivity contribution in [2.45, 2.75) is 6.54 Å². The van der Waals surface area contributed by atoms with Crippen LogP contribution in [0.3, 0.4) is 0 Å². The molecule has 1 N–H and O–H groups in total. The summed E-state index contributed by atoms with van der Waals surface area (Å²) in [6.45, 7) is 0.456. The van der Waals surface area contributed by atoms with E-state index in [4.69, 9.17) is 32.7 Å². The molecule has 0 saturated carbocycles. The molecule has 0 amide bonds. The van der Waals surface area contributed by atoms with Crippen LogP contribution in [-0.2, 0) is 6.54 Å². The van der Waals surface area contributed by atoms with Gasteiger partial charge in [-0.05, 0) is 25.2 Å². The standard InChI is InChI=1S/C15H14Cl2FNO2/c1-19-8-9-5-13(18)15(20-2)7-14(9)21-10-3-4-11(16)12(17)6-10/h3-7,19H,8H2,1-2H3. The Morgan fingerprint density at radius 2 is 1.86 bits per heavy atom. The van der Waals surface area contributed by atoms with Gasteiger partial charge >= 0.3 is 0 Å². The van der Waals surface area contributed by atoms with Crippen molar-refractivity contribution >= 4 is 23.2 Å². The summed E-state index contributed by atoms with van der Waals surface area (Å²) < 4.78 is 24.5. The summed E-state index contributed by atoms with van der Waals surface area (Å²) in [7, 11) is 3.17. The molecule has 0 spiro atoms. The van der Waals surface area contributed by atoms with Gasteiger partial charge in [0.1, 0.15) is 11.5 Å². The molecule has 2 rings (SSSR count). The first kappa shape index (κ1) is 15.9. The van der Waals surface area contributed by atoms with Gasteiger partial charge in [0.25, 0.3) is 0 Å². The third-order valence-corrected chi connectivity index (χ3v) is 3.56. The molecular weight excluding hydrogens is 316 g/mol. The molecule has 6 heteroatoms. The second-order valence-corrected chi connectivity index (χ2v) is 5.12. The van der Waals surface area contributed by atoms with Gasteiger partial charge in [0, 0.05) is 24.2 Å². The highest BCUT2D eigenvalue weighted by molar-refractivity contribution is 6.42. The number of halogens is 3. The van der Waals surface area contributed by atoms with Crippen molar-refractivity contribution in [2.24, 2.45) is 0 Å². The molecule has 0 saturated heterocycles. The maximum Gasteiger partial charge on any atom is 0.165 e.